The lowest BCUT2D eigenvalue weighted by Gasteiger charge is -1.96. The highest BCUT2D eigenvalue weighted by atomic mass is 35.5. The summed E-state index contributed by atoms with van der Waals surface area (Å²) in [5.41, 5.74) is 1.80. The highest BCUT2D eigenvalue weighted by Gasteiger charge is 2.05. The van der Waals surface area contributed by atoms with Gasteiger partial charge in [-0.25, -0.2) is 4.99 Å². The number of hydrogen-bond acceptors (Lipinski definition) is 0. The molecule has 0 fully saturated rings. The van der Waals surface area contributed by atoms with E-state index in [2.05, 4.69) is 4.99 Å². The average Bonchev–Trinajstić information content (AvgIpc) is 2.30. The summed E-state index contributed by atoms with van der Waals surface area (Å²) in [5, 5.41) is 1.27. The SMILES string of the molecule is Clc1cccc(Cl)c1C=[NH+]c1ccccc1.[Cl-]. The molecule has 0 aromatic heterocycles. The van der Waals surface area contributed by atoms with Crippen LogP contribution in [0.5, 0.6) is 0 Å². The van der Waals surface area contributed by atoms with Gasteiger partial charge in [0.05, 0.1) is 15.6 Å². The molecule has 0 saturated carbocycles. The summed E-state index contributed by atoms with van der Waals surface area (Å²) in [6.07, 6.45) is 1.81. The van der Waals surface area contributed by atoms with Crippen molar-refractivity contribution in [3.05, 3.63) is 64.1 Å². The monoisotopic (exact) mass is 285 g/mol. The topological polar surface area (TPSA) is 14.0 Å². The molecule has 2 rings (SSSR count). The van der Waals surface area contributed by atoms with Gasteiger partial charge in [0.25, 0.3) is 0 Å². The molecule has 0 aliphatic rings. The van der Waals surface area contributed by atoms with Crippen LogP contribution < -0.4 is 17.4 Å². The molecule has 88 valence electrons. The predicted molar refractivity (Wildman–Crippen MR) is 68.7 cm³/mol. The molecule has 0 spiro atoms. The van der Waals surface area contributed by atoms with Gasteiger partial charge < -0.3 is 12.4 Å². The number of nitrogens with one attached hydrogen (secondary N) is 1. The maximum Gasteiger partial charge on any atom is 0.203 e. The highest BCUT2D eigenvalue weighted by molar-refractivity contribution is 6.38. The standard InChI is InChI=1S/C13H9Cl2N.ClH/c14-12-7-4-8-13(15)11(12)9-16-10-5-2-1-3-6-10;/h1-9H;1H. The van der Waals surface area contributed by atoms with Gasteiger partial charge in [0.15, 0.2) is 6.21 Å². The zero-order chi connectivity index (χ0) is 11.4. The summed E-state index contributed by atoms with van der Waals surface area (Å²) in [6, 6.07) is 15.3. The summed E-state index contributed by atoms with van der Waals surface area (Å²) >= 11 is 12.1. The van der Waals surface area contributed by atoms with Crippen LogP contribution in [0.4, 0.5) is 5.69 Å². The molecule has 17 heavy (non-hydrogen) atoms. The van der Waals surface area contributed by atoms with Crippen molar-refractivity contribution in [3.63, 3.8) is 0 Å². The van der Waals surface area contributed by atoms with E-state index in [1.165, 1.54) is 0 Å². The molecule has 0 aliphatic carbocycles. The minimum absolute atomic E-state index is 0. The minimum atomic E-state index is 0. The van der Waals surface area contributed by atoms with Gasteiger partial charge in [0.1, 0.15) is 0 Å². The van der Waals surface area contributed by atoms with E-state index in [0.717, 1.165) is 11.3 Å². The molecule has 0 aliphatic heterocycles. The quantitative estimate of drug-likeness (QED) is 0.737. The van der Waals surface area contributed by atoms with Gasteiger partial charge in [-0.05, 0) is 12.1 Å². The molecule has 0 unspecified atom stereocenters. The minimum Gasteiger partial charge on any atom is -1.00 e. The molecule has 0 radical (unpaired) electrons. The zero-order valence-corrected chi connectivity index (χ0v) is 11.1. The van der Waals surface area contributed by atoms with Crippen molar-refractivity contribution in [1.82, 2.24) is 0 Å². The molecule has 0 bridgehead atoms. The van der Waals surface area contributed by atoms with Crippen molar-refractivity contribution in [3.8, 4) is 0 Å². The molecular formula is C13H10Cl3N. The Morgan fingerprint density at radius 2 is 1.41 bits per heavy atom. The highest BCUT2D eigenvalue weighted by Crippen LogP contribution is 2.21. The Bertz CT molecular complexity index is 489. The van der Waals surface area contributed by atoms with E-state index in [0.29, 0.717) is 10.0 Å². The Balaban J connectivity index is 0.00000144. The fourth-order valence-electron chi connectivity index (χ4n) is 1.34. The van der Waals surface area contributed by atoms with Gasteiger partial charge in [0, 0.05) is 12.1 Å². The van der Waals surface area contributed by atoms with Gasteiger partial charge in [-0.15, -0.1) is 0 Å². The molecule has 0 atom stereocenters. The summed E-state index contributed by atoms with van der Waals surface area (Å²) < 4.78 is 0. The third-order valence-electron chi connectivity index (χ3n) is 2.16. The van der Waals surface area contributed by atoms with E-state index in [9.17, 15) is 0 Å². The van der Waals surface area contributed by atoms with Gasteiger partial charge in [-0.3, -0.25) is 0 Å². The van der Waals surface area contributed by atoms with Crippen LogP contribution in [-0.2, 0) is 0 Å². The van der Waals surface area contributed by atoms with Crippen LogP contribution in [0.2, 0.25) is 10.0 Å². The van der Waals surface area contributed by atoms with Crippen LogP contribution >= 0.6 is 23.2 Å². The first-order valence-corrected chi connectivity index (χ1v) is 5.62. The van der Waals surface area contributed by atoms with Gasteiger partial charge in [0.2, 0.25) is 5.69 Å². The lowest BCUT2D eigenvalue weighted by atomic mass is 10.2. The van der Waals surface area contributed by atoms with Crippen LogP contribution in [0.3, 0.4) is 0 Å². The Kier molecular flexibility index (Phi) is 5.49. The first-order chi connectivity index (χ1) is 7.77. The third-order valence-corrected chi connectivity index (χ3v) is 2.82. The number of hydrogen-bond donors (Lipinski definition) is 1. The Hall–Kier alpha value is -1.02. The summed E-state index contributed by atoms with van der Waals surface area (Å²) in [6.45, 7) is 0. The van der Waals surface area contributed by atoms with Crippen molar-refractivity contribution in [2.24, 2.45) is 0 Å². The second-order valence-electron chi connectivity index (χ2n) is 3.29. The van der Waals surface area contributed by atoms with Crippen molar-refractivity contribution >= 4 is 35.1 Å². The Morgan fingerprint density at radius 1 is 0.824 bits per heavy atom. The molecule has 2 aromatic rings. The number of benzene rings is 2. The van der Waals surface area contributed by atoms with Crippen molar-refractivity contribution in [2.45, 2.75) is 0 Å². The molecule has 4 heteroatoms. The predicted octanol–water partition coefficient (Wildman–Crippen LogP) is -0.171. The van der Waals surface area contributed by atoms with Gasteiger partial charge >= 0.3 is 0 Å². The molecule has 0 saturated heterocycles. The summed E-state index contributed by atoms with van der Waals surface area (Å²) in [5.74, 6) is 0. The van der Waals surface area contributed by atoms with E-state index in [-0.39, 0.29) is 12.4 Å². The van der Waals surface area contributed by atoms with Crippen LogP contribution in [0, 0.1) is 0 Å². The third kappa shape index (κ3) is 3.74. The second-order valence-corrected chi connectivity index (χ2v) is 4.10. The molecule has 1 N–H and O–H groups in total. The Morgan fingerprint density at radius 3 is 2.00 bits per heavy atom. The van der Waals surface area contributed by atoms with Crippen molar-refractivity contribution in [2.75, 3.05) is 0 Å². The molecular weight excluding hydrogens is 277 g/mol. The average molecular weight is 287 g/mol. The van der Waals surface area contributed by atoms with Crippen molar-refractivity contribution in [1.29, 1.82) is 0 Å². The molecule has 0 heterocycles. The first-order valence-electron chi connectivity index (χ1n) is 4.86. The van der Waals surface area contributed by atoms with Gasteiger partial charge in [-0.1, -0.05) is 47.5 Å². The Labute approximate surface area is 117 Å². The van der Waals surface area contributed by atoms with Crippen LogP contribution in [0.1, 0.15) is 5.56 Å². The fraction of sp³-hybridized carbons (Fsp3) is 0. The molecule has 0 amide bonds. The maximum atomic E-state index is 6.04. The first kappa shape index (κ1) is 14.0. The zero-order valence-electron chi connectivity index (χ0n) is 8.83. The smallest absolute Gasteiger partial charge is 0.203 e. The van der Waals surface area contributed by atoms with Crippen LogP contribution in [0.15, 0.2) is 48.5 Å². The van der Waals surface area contributed by atoms with Crippen LogP contribution in [0.25, 0.3) is 0 Å². The fourth-order valence-corrected chi connectivity index (χ4v) is 1.85. The summed E-state index contributed by atoms with van der Waals surface area (Å²) in [4.78, 5) is 3.15. The molecule has 2 aromatic carbocycles. The number of para-hydroxylation sites is 1. The van der Waals surface area contributed by atoms with E-state index < -0.39 is 0 Å². The largest absolute Gasteiger partial charge is 1.00 e. The van der Waals surface area contributed by atoms with E-state index in [1.807, 2.05) is 48.5 Å². The van der Waals surface area contributed by atoms with E-state index in [4.69, 9.17) is 23.2 Å². The number of halogens is 3. The van der Waals surface area contributed by atoms with E-state index in [1.54, 1.807) is 6.21 Å². The van der Waals surface area contributed by atoms with Crippen molar-refractivity contribution < 1.29 is 17.4 Å². The lowest BCUT2D eigenvalue weighted by Crippen LogP contribution is -3.00. The molecule has 1 nitrogen and oxygen atoms in total. The van der Waals surface area contributed by atoms with Gasteiger partial charge in [-0.2, -0.15) is 0 Å². The second kappa shape index (κ2) is 6.65. The van der Waals surface area contributed by atoms with Crippen LogP contribution in [-0.4, -0.2) is 6.21 Å². The normalized spacial score (nSPS) is 10.2. The maximum absolute atomic E-state index is 6.04. The lowest BCUT2D eigenvalue weighted by molar-refractivity contribution is -0.346. The van der Waals surface area contributed by atoms with E-state index >= 15 is 0 Å². The number of rotatable bonds is 2. The summed E-state index contributed by atoms with van der Waals surface area (Å²) in [7, 11) is 0.